The molecule has 0 N–H and O–H groups in total. The van der Waals surface area contributed by atoms with E-state index in [2.05, 4.69) is 17.5 Å². The van der Waals surface area contributed by atoms with Gasteiger partial charge in [-0.1, -0.05) is 12.2 Å². The molecular formula is C7H12N. The van der Waals surface area contributed by atoms with Gasteiger partial charge < -0.3 is 0 Å². The number of hydrogen-bond donors (Lipinski definition) is 0. The van der Waals surface area contributed by atoms with Gasteiger partial charge in [-0.2, -0.15) is 0 Å². The van der Waals surface area contributed by atoms with Crippen LogP contribution in [0.15, 0.2) is 12.2 Å². The molecule has 0 saturated heterocycles. The second-order valence-corrected chi connectivity index (χ2v) is 2.07. The van der Waals surface area contributed by atoms with Gasteiger partial charge in [0, 0.05) is 13.1 Å². The summed E-state index contributed by atoms with van der Waals surface area (Å²) in [6.45, 7) is 2.11. The minimum Gasteiger partial charge on any atom is -0.241 e. The number of rotatable bonds is 0. The van der Waals surface area contributed by atoms with Crippen molar-refractivity contribution in [3.8, 4) is 0 Å². The smallest absolute Gasteiger partial charge is 0.0167 e. The normalized spacial score (nSPS) is 22.0. The fraction of sp³-hybridized carbons (Fsp3) is 0.714. The summed E-state index contributed by atoms with van der Waals surface area (Å²) in [6, 6.07) is 0. The lowest BCUT2D eigenvalue weighted by atomic mass is 10.2. The Hall–Kier alpha value is -0.300. The zero-order valence-corrected chi connectivity index (χ0v) is 5.14. The maximum absolute atomic E-state index is 4.28. The van der Waals surface area contributed by atoms with Crippen LogP contribution in [0, 0.1) is 0 Å². The van der Waals surface area contributed by atoms with Gasteiger partial charge in [-0.15, -0.1) is 0 Å². The van der Waals surface area contributed by atoms with Crippen molar-refractivity contribution in [2.24, 2.45) is 0 Å². The topological polar surface area (TPSA) is 14.1 Å². The first-order chi connectivity index (χ1) is 4.00. The van der Waals surface area contributed by atoms with E-state index in [9.17, 15) is 0 Å². The number of nitrogens with zero attached hydrogens (tertiary/aromatic N) is 1. The second-order valence-electron chi connectivity index (χ2n) is 2.07. The molecule has 8 heavy (non-hydrogen) atoms. The lowest BCUT2D eigenvalue weighted by Crippen LogP contribution is -2.08. The fourth-order valence-electron chi connectivity index (χ4n) is 0.834. The van der Waals surface area contributed by atoms with E-state index in [1.807, 2.05) is 0 Å². The minimum absolute atomic E-state index is 1.04. The molecule has 0 bridgehead atoms. The van der Waals surface area contributed by atoms with Gasteiger partial charge in [0.05, 0.1) is 0 Å². The molecule has 0 unspecified atom stereocenters. The predicted molar refractivity (Wildman–Crippen MR) is 34.9 cm³/mol. The van der Waals surface area contributed by atoms with Gasteiger partial charge in [0.25, 0.3) is 0 Å². The van der Waals surface area contributed by atoms with Crippen molar-refractivity contribution in [2.45, 2.75) is 19.3 Å². The van der Waals surface area contributed by atoms with E-state index < -0.39 is 0 Å². The highest BCUT2D eigenvalue weighted by Gasteiger charge is 1.89. The summed E-state index contributed by atoms with van der Waals surface area (Å²) >= 11 is 0. The number of hydrogen-bond acceptors (Lipinski definition) is 0. The second kappa shape index (κ2) is 3.67. The van der Waals surface area contributed by atoms with Crippen molar-refractivity contribution in [1.29, 1.82) is 0 Å². The molecule has 0 saturated carbocycles. The Balaban J connectivity index is 2.17. The van der Waals surface area contributed by atoms with Crippen molar-refractivity contribution in [3.05, 3.63) is 12.2 Å². The van der Waals surface area contributed by atoms with Gasteiger partial charge in [-0.25, -0.2) is 5.32 Å². The summed E-state index contributed by atoms with van der Waals surface area (Å²) in [7, 11) is 0. The van der Waals surface area contributed by atoms with E-state index in [0.29, 0.717) is 0 Å². The highest BCUT2D eigenvalue weighted by Crippen LogP contribution is 1.95. The molecule has 0 spiro atoms. The molecule has 1 nitrogen and oxygen atoms in total. The van der Waals surface area contributed by atoms with Crippen molar-refractivity contribution < 1.29 is 0 Å². The molecule has 0 atom stereocenters. The van der Waals surface area contributed by atoms with Gasteiger partial charge in [0.15, 0.2) is 0 Å². The SMILES string of the molecule is C1=CCC[N]CCC1. The maximum Gasteiger partial charge on any atom is 0.0167 e. The highest BCUT2D eigenvalue weighted by molar-refractivity contribution is 4.83. The van der Waals surface area contributed by atoms with Crippen molar-refractivity contribution in [2.75, 3.05) is 13.1 Å². The number of allylic oxidation sites excluding steroid dienone is 1. The predicted octanol–water partition coefficient (Wildman–Crippen LogP) is 1.33. The van der Waals surface area contributed by atoms with Crippen LogP contribution in [0.3, 0.4) is 0 Å². The molecule has 1 radical (unpaired) electrons. The molecule has 0 aliphatic carbocycles. The largest absolute Gasteiger partial charge is 0.241 e. The van der Waals surface area contributed by atoms with Crippen molar-refractivity contribution in [1.82, 2.24) is 5.32 Å². The van der Waals surface area contributed by atoms with Crippen LogP contribution in [0.25, 0.3) is 0 Å². The molecule has 0 aromatic carbocycles. The van der Waals surface area contributed by atoms with Gasteiger partial charge in [0.1, 0.15) is 0 Å². The lowest BCUT2D eigenvalue weighted by molar-refractivity contribution is 0.633. The summed E-state index contributed by atoms with van der Waals surface area (Å²) in [6.07, 6.45) is 8.11. The Morgan fingerprint density at radius 1 is 1.00 bits per heavy atom. The van der Waals surface area contributed by atoms with Gasteiger partial charge >= 0.3 is 0 Å². The Bertz CT molecular complexity index is 66.5. The molecule has 1 aliphatic heterocycles. The van der Waals surface area contributed by atoms with Crippen LogP contribution in [-0.4, -0.2) is 13.1 Å². The van der Waals surface area contributed by atoms with Crippen LogP contribution in [0.1, 0.15) is 19.3 Å². The van der Waals surface area contributed by atoms with E-state index >= 15 is 0 Å². The van der Waals surface area contributed by atoms with Crippen LogP contribution in [-0.2, 0) is 0 Å². The molecule has 1 heteroatoms. The summed E-state index contributed by atoms with van der Waals surface area (Å²) in [5.41, 5.74) is 0. The fourth-order valence-corrected chi connectivity index (χ4v) is 0.834. The molecule has 0 fully saturated rings. The third-order valence-electron chi connectivity index (χ3n) is 1.31. The Labute approximate surface area is 50.8 Å². The molecule has 0 aromatic rings. The molecule has 1 heterocycles. The van der Waals surface area contributed by atoms with Crippen molar-refractivity contribution in [3.63, 3.8) is 0 Å². The van der Waals surface area contributed by atoms with Crippen molar-refractivity contribution >= 4 is 0 Å². The maximum atomic E-state index is 4.28. The van der Waals surface area contributed by atoms with Gasteiger partial charge in [-0.3, -0.25) is 0 Å². The summed E-state index contributed by atoms with van der Waals surface area (Å²) in [4.78, 5) is 0. The van der Waals surface area contributed by atoms with E-state index in [4.69, 9.17) is 0 Å². The average molecular weight is 110 g/mol. The van der Waals surface area contributed by atoms with Crippen LogP contribution in [0.4, 0.5) is 0 Å². The Morgan fingerprint density at radius 3 is 2.88 bits per heavy atom. The molecular weight excluding hydrogens is 98.1 g/mol. The monoisotopic (exact) mass is 110 g/mol. The van der Waals surface area contributed by atoms with Crippen LogP contribution >= 0.6 is 0 Å². The van der Waals surface area contributed by atoms with Crippen LogP contribution < -0.4 is 5.32 Å². The first-order valence-corrected chi connectivity index (χ1v) is 3.28. The summed E-state index contributed by atoms with van der Waals surface area (Å²) in [5, 5.41) is 4.28. The van der Waals surface area contributed by atoms with E-state index in [1.165, 1.54) is 12.8 Å². The van der Waals surface area contributed by atoms with E-state index in [0.717, 1.165) is 19.5 Å². The zero-order chi connectivity index (χ0) is 5.66. The molecule has 1 aliphatic rings. The van der Waals surface area contributed by atoms with Gasteiger partial charge in [-0.05, 0) is 19.3 Å². The molecule has 1 rings (SSSR count). The van der Waals surface area contributed by atoms with E-state index in [1.54, 1.807) is 0 Å². The summed E-state index contributed by atoms with van der Waals surface area (Å²) in [5.74, 6) is 0. The zero-order valence-electron chi connectivity index (χ0n) is 5.14. The Kier molecular flexibility index (Phi) is 2.68. The first-order valence-electron chi connectivity index (χ1n) is 3.28. The lowest BCUT2D eigenvalue weighted by Gasteiger charge is -2.00. The van der Waals surface area contributed by atoms with Crippen LogP contribution in [0.2, 0.25) is 0 Å². The molecule has 45 valence electrons. The minimum atomic E-state index is 1.04. The van der Waals surface area contributed by atoms with Crippen LogP contribution in [0.5, 0.6) is 0 Å². The highest BCUT2D eigenvalue weighted by atomic mass is 14.8. The quantitative estimate of drug-likeness (QED) is 0.418. The summed E-state index contributed by atoms with van der Waals surface area (Å²) < 4.78 is 0. The molecule has 0 aromatic heterocycles. The Morgan fingerprint density at radius 2 is 1.88 bits per heavy atom. The standard InChI is InChI=1S/C7H12N/c1-2-4-6-8-7-5-3-1/h1-2H,3-7H2. The van der Waals surface area contributed by atoms with Gasteiger partial charge in [0.2, 0.25) is 0 Å². The third kappa shape index (κ3) is 2.12. The molecule has 0 amide bonds. The van der Waals surface area contributed by atoms with E-state index in [-0.39, 0.29) is 0 Å². The average Bonchev–Trinajstić information content (AvgIpc) is 1.62. The first kappa shape index (κ1) is 5.83. The third-order valence-corrected chi connectivity index (χ3v) is 1.31.